The first kappa shape index (κ1) is 21.9. The number of aliphatic carboxylic acids is 1. The molecule has 0 saturated heterocycles. The van der Waals surface area contributed by atoms with Crippen molar-refractivity contribution >= 4 is 13.1 Å². The summed E-state index contributed by atoms with van der Waals surface area (Å²) in [5, 5.41) is 27.2. The van der Waals surface area contributed by atoms with Crippen LogP contribution in [0, 0.1) is 0 Å². The Labute approximate surface area is 166 Å². The van der Waals surface area contributed by atoms with Gasteiger partial charge in [0.1, 0.15) is 11.3 Å². The van der Waals surface area contributed by atoms with Gasteiger partial charge < -0.3 is 25.6 Å². The van der Waals surface area contributed by atoms with Gasteiger partial charge in [-0.25, -0.2) is 0 Å². The molecule has 0 saturated carbocycles. The zero-order chi connectivity index (χ0) is 20.4. The Morgan fingerprint density at radius 1 is 0.964 bits per heavy atom. The van der Waals surface area contributed by atoms with E-state index in [9.17, 15) is 9.90 Å². The van der Waals surface area contributed by atoms with E-state index in [0.717, 1.165) is 16.9 Å². The Bertz CT molecular complexity index is 741. The number of carboxylic acid groups (broad SMARTS) is 1. The molecule has 0 aliphatic carbocycles. The van der Waals surface area contributed by atoms with Crippen LogP contribution in [0.15, 0.2) is 54.6 Å². The fraction of sp³-hybridized carbons (Fsp3) is 0.381. The van der Waals surface area contributed by atoms with Crippen molar-refractivity contribution in [3.8, 4) is 16.9 Å². The maximum absolute atomic E-state index is 11.6. The van der Waals surface area contributed by atoms with E-state index in [0.29, 0.717) is 38.7 Å². The summed E-state index contributed by atoms with van der Waals surface area (Å²) in [7, 11) is -1.36. The standard InChI is InChI=1S/C21H28BNO5/c23-21(20(24)25,12-4-5-14-22(26)27)13-7-15-28-19-11-6-10-18(16-19)17-8-2-1-3-9-17/h1-3,6,8-11,16,26-27H,4-5,7,12-15,23H2,(H,24,25). The average molecular weight is 385 g/mol. The lowest BCUT2D eigenvalue weighted by Crippen LogP contribution is -2.48. The van der Waals surface area contributed by atoms with Crippen molar-refractivity contribution in [3.05, 3.63) is 54.6 Å². The molecule has 6 nitrogen and oxygen atoms in total. The van der Waals surface area contributed by atoms with Gasteiger partial charge in [0.25, 0.3) is 0 Å². The molecule has 0 spiro atoms. The van der Waals surface area contributed by atoms with Gasteiger partial charge in [-0.05, 0) is 48.8 Å². The Morgan fingerprint density at radius 2 is 1.64 bits per heavy atom. The first-order valence-corrected chi connectivity index (χ1v) is 9.57. The number of benzene rings is 2. The number of nitrogens with two attached hydrogens (primary N) is 1. The van der Waals surface area contributed by atoms with Crippen molar-refractivity contribution in [2.24, 2.45) is 5.73 Å². The van der Waals surface area contributed by atoms with Crippen LogP contribution in [0.2, 0.25) is 6.32 Å². The minimum Gasteiger partial charge on any atom is -0.494 e. The zero-order valence-corrected chi connectivity index (χ0v) is 16.0. The van der Waals surface area contributed by atoms with Crippen molar-refractivity contribution in [1.82, 2.24) is 0 Å². The molecule has 1 atom stereocenters. The third-order valence-corrected chi connectivity index (χ3v) is 4.74. The molecule has 7 heteroatoms. The van der Waals surface area contributed by atoms with Gasteiger partial charge in [0.2, 0.25) is 0 Å². The van der Waals surface area contributed by atoms with Gasteiger partial charge in [-0.1, -0.05) is 55.3 Å². The van der Waals surface area contributed by atoms with Crippen molar-refractivity contribution in [1.29, 1.82) is 0 Å². The van der Waals surface area contributed by atoms with Crippen molar-refractivity contribution in [2.75, 3.05) is 6.61 Å². The van der Waals surface area contributed by atoms with E-state index >= 15 is 0 Å². The third-order valence-electron chi connectivity index (χ3n) is 4.74. The molecule has 28 heavy (non-hydrogen) atoms. The lowest BCUT2D eigenvalue weighted by Gasteiger charge is -2.24. The molecule has 0 fully saturated rings. The molecule has 5 N–H and O–H groups in total. The Hall–Kier alpha value is -2.35. The molecular weight excluding hydrogens is 357 g/mol. The number of rotatable bonds is 12. The predicted molar refractivity (Wildman–Crippen MR) is 110 cm³/mol. The molecule has 2 rings (SSSR count). The minimum atomic E-state index is -1.36. The van der Waals surface area contributed by atoms with Crippen LogP contribution in [0.5, 0.6) is 5.75 Å². The van der Waals surface area contributed by atoms with Crippen LogP contribution in [0.1, 0.15) is 32.1 Å². The Kier molecular flexibility index (Phi) is 8.51. The molecule has 0 amide bonds. The second-order valence-corrected chi connectivity index (χ2v) is 7.03. The summed E-state index contributed by atoms with van der Waals surface area (Å²) in [6.07, 6.45) is 2.37. The first-order chi connectivity index (χ1) is 13.4. The predicted octanol–water partition coefficient (Wildman–Crippen LogP) is 2.94. The highest BCUT2D eigenvalue weighted by Crippen LogP contribution is 2.24. The smallest absolute Gasteiger partial charge is 0.451 e. The largest absolute Gasteiger partial charge is 0.494 e. The molecule has 0 aromatic heterocycles. The second kappa shape index (κ2) is 10.9. The fourth-order valence-electron chi connectivity index (χ4n) is 3.08. The zero-order valence-electron chi connectivity index (χ0n) is 16.0. The fourth-order valence-corrected chi connectivity index (χ4v) is 3.08. The quantitative estimate of drug-likeness (QED) is 0.330. The normalized spacial score (nSPS) is 13.0. The number of unbranched alkanes of at least 4 members (excludes halogenated alkanes) is 1. The van der Waals surface area contributed by atoms with Crippen LogP contribution in [-0.2, 0) is 4.79 Å². The van der Waals surface area contributed by atoms with Gasteiger partial charge in [-0.2, -0.15) is 0 Å². The minimum absolute atomic E-state index is 0.219. The van der Waals surface area contributed by atoms with Crippen molar-refractivity contribution < 1.29 is 24.7 Å². The molecule has 1 unspecified atom stereocenters. The van der Waals surface area contributed by atoms with E-state index in [2.05, 4.69) is 0 Å². The molecular formula is C21H28BNO5. The van der Waals surface area contributed by atoms with Gasteiger partial charge in [0.15, 0.2) is 0 Å². The van der Waals surface area contributed by atoms with Gasteiger partial charge >= 0.3 is 13.1 Å². The van der Waals surface area contributed by atoms with Crippen molar-refractivity contribution in [3.63, 3.8) is 0 Å². The summed E-state index contributed by atoms with van der Waals surface area (Å²) in [5.74, 6) is -0.306. The molecule has 0 bridgehead atoms. The summed E-state index contributed by atoms with van der Waals surface area (Å²) < 4.78 is 5.79. The van der Waals surface area contributed by atoms with E-state index in [1.165, 1.54) is 0 Å². The lowest BCUT2D eigenvalue weighted by molar-refractivity contribution is -0.144. The number of ether oxygens (including phenoxy) is 1. The van der Waals surface area contributed by atoms with Crippen LogP contribution in [0.25, 0.3) is 11.1 Å². The maximum Gasteiger partial charge on any atom is 0.451 e. The van der Waals surface area contributed by atoms with Crippen LogP contribution < -0.4 is 10.5 Å². The molecule has 2 aromatic rings. The van der Waals surface area contributed by atoms with Crippen LogP contribution in [0.3, 0.4) is 0 Å². The van der Waals surface area contributed by atoms with Gasteiger partial charge in [0.05, 0.1) is 6.61 Å². The highest BCUT2D eigenvalue weighted by molar-refractivity contribution is 6.40. The highest BCUT2D eigenvalue weighted by atomic mass is 16.5. The highest BCUT2D eigenvalue weighted by Gasteiger charge is 2.32. The molecule has 0 aliphatic rings. The van der Waals surface area contributed by atoms with Crippen molar-refractivity contribution in [2.45, 2.75) is 44.0 Å². The van der Waals surface area contributed by atoms with Crippen LogP contribution >= 0.6 is 0 Å². The second-order valence-electron chi connectivity index (χ2n) is 7.03. The summed E-state index contributed by atoms with van der Waals surface area (Å²) in [4.78, 5) is 11.6. The monoisotopic (exact) mass is 385 g/mol. The Morgan fingerprint density at radius 3 is 2.32 bits per heavy atom. The van der Waals surface area contributed by atoms with E-state index in [-0.39, 0.29) is 6.32 Å². The number of carbonyl (C=O) groups is 1. The molecule has 0 aliphatic heterocycles. The molecule has 150 valence electrons. The number of hydrogen-bond donors (Lipinski definition) is 4. The number of hydrogen-bond acceptors (Lipinski definition) is 5. The summed E-state index contributed by atoms with van der Waals surface area (Å²) in [5.41, 5.74) is 6.90. The van der Waals surface area contributed by atoms with Crippen LogP contribution in [-0.4, -0.2) is 40.4 Å². The topological polar surface area (TPSA) is 113 Å². The van der Waals surface area contributed by atoms with Crippen LogP contribution in [0.4, 0.5) is 0 Å². The summed E-state index contributed by atoms with van der Waals surface area (Å²) in [6, 6.07) is 17.8. The van der Waals surface area contributed by atoms with Gasteiger partial charge in [0, 0.05) is 0 Å². The summed E-state index contributed by atoms with van der Waals surface area (Å²) in [6.45, 7) is 0.375. The van der Waals surface area contributed by atoms with E-state index < -0.39 is 18.6 Å². The van der Waals surface area contributed by atoms with Gasteiger partial charge in [-0.15, -0.1) is 0 Å². The molecule has 0 radical (unpaired) electrons. The maximum atomic E-state index is 11.6. The van der Waals surface area contributed by atoms with E-state index in [1.54, 1.807) is 0 Å². The van der Waals surface area contributed by atoms with E-state index in [4.69, 9.17) is 20.5 Å². The van der Waals surface area contributed by atoms with E-state index in [1.807, 2.05) is 54.6 Å². The molecule has 0 heterocycles. The third kappa shape index (κ3) is 7.00. The number of carboxylic acids is 1. The Balaban J connectivity index is 1.82. The first-order valence-electron chi connectivity index (χ1n) is 9.57. The average Bonchev–Trinajstić information content (AvgIpc) is 2.69. The molecule has 2 aromatic carbocycles. The lowest BCUT2D eigenvalue weighted by atomic mass is 9.81. The van der Waals surface area contributed by atoms with Gasteiger partial charge in [-0.3, -0.25) is 4.79 Å². The summed E-state index contributed by atoms with van der Waals surface area (Å²) >= 11 is 0. The SMILES string of the molecule is NC(CCCCB(O)O)(CCCOc1cccc(-c2ccccc2)c1)C(=O)O.